The van der Waals surface area contributed by atoms with Crippen molar-refractivity contribution in [3.63, 3.8) is 0 Å². The van der Waals surface area contributed by atoms with E-state index in [0.717, 1.165) is 12.8 Å². The van der Waals surface area contributed by atoms with Gasteiger partial charge in [0.15, 0.2) is 0 Å². The lowest BCUT2D eigenvalue weighted by Crippen LogP contribution is -2.28. The molecule has 0 saturated carbocycles. The van der Waals surface area contributed by atoms with Crippen LogP contribution in [-0.2, 0) is 19.6 Å². The molecule has 2 aliphatic rings. The largest absolute Gasteiger partial charge is 0.495 e. The number of methoxy groups -OCH3 is 1. The first-order chi connectivity index (χ1) is 14.9. The molecule has 2 aliphatic heterocycles. The lowest BCUT2D eigenvalue weighted by Gasteiger charge is -2.19. The Morgan fingerprint density at radius 2 is 1.74 bits per heavy atom. The lowest BCUT2D eigenvalue weighted by atomic mass is 10.1. The van der Waals surface area contributed by atoms with Gasteiger partial charge in [-0.25, -0.2) is 8.42 Å². The Balaban J connectivity index is 1.42. The number of carbonyl (C=O) groups excluding carboxylic acids is 2. The average molecular weight is 444 g/mol. The Morgan fingerprint density at radius 1 is 1.06 bits per heavy atom. The first-order valence-corrected chi connectivity index (χ1v) is 11.7. The van der Waals surface area contributed by atoms with Crippen molar-refractivity contribution in [2.24, 2.45) is 5.92 Å². The Morgan fingerprint density at radius 3 is 2.42 bits per heavy atom. The van der Waals surface area contributed by atoms with Crippen LogP contribution in [0.5, 0.6) is 5.75 Å². The van der Waals surface area contributed by atoms with Crippen LogP contribution >= 0.6 is 0 Å². The number of ether oxygens (including phenoxy) is 1. The number of anilines is 2. The van der Waals surface area contributed by atoms with Gasteiger partial charge in [-0.15, -0.1) is 0 Å². The molecular formula is C22H25N3O5S. The van der Waals surface area contributed by atoms with Gasteiger partial charge in [0.25, 0.3) is 0 Å². The summed E-state index contributed by atoms with van der Waals surface area (Å²) < 4.78 is 32.1. The zero-order valence-electron chi connectivity index (χ0n) is 17.3. The monoisotopic (exact) mass is 443 g/mol. The fraction of sp³-hybridized carbons (Fsp3) is 0.364. The van der Waals surface area contributed by atoms with Gasteiger partial charge < -0.3 is 15.0 Å². The molecule has 8 nitrogen and oxygen atoms in total. The van der Waals surface area contributed by atoms with E-state index in [0.29, 0.717) is 30.2 Å². The van der Waals surface area contributed by atoms with Crippen molar-refractivity contribution in [2.75, 3.05) is 37.0 Å². The molecule has 2 saturated heterocycles. The Labute approximate surface area is 181 Å². The van der Waals surface area contributed by atoms with Gasteiger partial charge in [-0.2, -0.15) is 4.31 Å². The van der Waals surface area contributed by atoms with Crippen LogP contribution < -0.4 is 15.0 Å². The number of para-hydroxylation sites is 2. The number of carbonyl (C=O) groups is 2. The maximum atomic E-state index is 12.7. The van der Waals surface area contributed by atoms with Gasteiger partial charge in [0.2, 0.25) is 21.8 Å². The fourth-order valence-corrected chi connectivity index (χ4v) is 5.52. The van der Waals surface area contributed by atoms with Crippen molar-refractivity contribution in [1.82, 2.24) is 4.31 Å². The Bertz CT molecular complexity index is 1080. The van der Waals surface area contributed by atoms with Crippen LogP contribution in [0, 0.1) is 5.92 Å². The molecule has 9 heteroatoms. The molecule has 0 aromatic heterocycles. The van der Waals surface area contributed by atoms with E-state index in [4.69, 9.17) is 4.74 Å². The highest BCUT2D eigenvalue weighted by Gasteiger charge is 2.36. The van der Waals surface area contributed by atoms with E-state index >= 15 is 0 Å². The van der Waals surface area contributed by atoms with Crippen molar-refractivity contribution >= 4 is 33.2 Å². The molecule has 0 spiro atoms. The van der Waals surface area contributed by atoms with Crippen LogP contribution in [0.15, 0.2) is 53.4 Å². The number of sulfonamides is 1. The van der Waals surface area contributed by atoms with Crippen molar-refractivity contribution in [1.29, 1.82) is 0 Å². The Kier molecular flexibility index (Phi) is 5.97. The molecule has 1 N–H and O–H groups in total. The molecule has 1 atom stereocenters. The van der Waals surface area contributed by atoms with Crippen LogP contribution in [0.1, 0.15) is 19.3 Å². The molecule has 164 valence electrons. The van der Waals surface area contributed by atoms with Crippen LogP contribution in [0.25, 0.3) is 0 Å². The third-order valence-electron chi connectivity index (χ3n) is 5.70. The highest BCUT2D eigenvalue weighted by Crippen LogP contribution is 2.33. The van der Waals surface area contributed by atoms with Gasteiger partial charge in [0, 0.05) is 31.7 Å². The summed E-state index contributed by atoms with van der Waals surface area (Å²) in [6.07, 6.45) is 1.85. The first-order valence-electron chi connectivity index (χ1n) is 10.2. The molecule has 2 aromatic carbocycles. The minimum absolute atomic E-state index is 0.102. The number of nitrogens with one attached hydrogen (secondary N) is 1. The minimum atomic E-state index is -3.49. The normalized spacial score (nSPS) is 19.6. The maximum absolute atomic E-state index is 12.7. The summed E-state index contributed by atoms with van der Waals surface area (Å²) in [5, 5.41) is 2.80. The summed E-state index contributed by atoms with van der Waals surface area (Å²) in [6, 6.07) is 13.4. The quantitative estimate of drug-likeness (QED) is 0.740. The summed E-state index contributed by atoms with van der Waals surface area (Å²) in [4.78, 5) is 27.0. The molecule has 2 amide bonds. The van der Waals surface area contributed by atoms with Crippen molar-refractivity contribution < 1.29 is 22.7 Å². The smallest absolute Gasteiger partial charge is 0.243 e. The molecule has 31 heavy (non-hydrogen) atoms. The highest BCUT2D eigenvalue weighted by atomic mass is 32.2. The van der Waals surface area contributed by atoms with Gasteiger partial charge in [0.1, 0.15) is 5.75 Å². The van der Waals surface area contributed by atoms with Crippen LogP contribution in [0.3, 0.4) is 0 Å². The van der Waals surface area contributed by atoms with Gasteiger partial charge in [-0.05, 0) is 49.2 Å². The second-order valence-electron chi connectivity index (χ2n) is 7.70. The summed E-state index contributed by atoms with van der Waals surface area (Å²) >= 11 is 0. The molecule has 2 heterocycles. The SMILES string of the molecule is COc1ccccc1N1CC(C(=O)Nc2ccc(S(=O)(=O)N3CCCC3)cc2)CC1=O. The van der Waals surface area contributed by atoms with Crippen LogP contribution in [0.4, 0.5) is 11.4 Å². The van der Waals surface area contributed by atoms with Crippen LogP contribution in [0.2, 0.25) is 0 Å². The molecule has 1 unspecified atom stereocenters. The first kappa shape index (κ1) is 21.3. The maximum Gasteiger partial charge on any atom is 0.243 e. The Hall–Kier alpha value is -2.91. The van der Waals surface area contributed by atoms with E-state index in [1.165, 1.54) is 23.5 Å². The summed E-state index contributed by atoms with van der Waals surface area (Å²) in [5.74, 6) is -0.352. The van der Waals surface area contributed by atoms with Crippen LogP contribution in [-0.4, -0.2) is 51.3 Å². The summed E-state index contributed by atoms with van der Waals surface area (Å²) in [5.41, 5.74) is 1.13. The standard InChI is InChI=1S/C22H25N3O5S/c1-30-20-7-3-2-6-19(20)25-15-16(14-21(25)26)22(27)23-17-8-10-18(11-9-17)31(28,29)24-12-4-5-13-24/h2-3,6-11,16H,4-5,12-15H2,1H3,(H,23,27). The van der Waals surface area contributed by atoms with E-state index in [1.54, 1.807) is 29.2 Å². The zero-order chi connectivity index (χ0) is 22.0. The van der Waals surface area contributed by atoms with Gasteiger partial charge in [0.05, 0.1) is 23.6 Å². The minimum Gasteiger partial charge on any atom is -0.495 e. The topological polar surface area (TPSA) is 96.0 Å². The van der Waals surface area contributed by atoms with Crippen molar-refractivity contribution in [2.45, 2.75) is 24.2 Å². The number of benzene rings is 2. The third-order valence-corrected chi connectivity index (χ3v) is 7.61. The second kappa shape index (κ2) is 8.68. The predicted molar refractivity (Wildman–Crippen MR) is 117 cm³/mol. The van der Waals surface area contributed by atoms with E-state index in [1.807, 2.05) is 12.1 Å². The number of rotatable bonds is 6. The number of hydrogen-bond acceptors (Lipinski definition) is 5. The summed E-state index contributed by atoms with van der Waals surface area (Å²) in [6.45, 7) is 1.34. The molecule has 0 aliphatic carbocycles. The lowest BCUT2D eigenvalue weighted by molar-refractivity contribution is -0.122. The molecule has 4 rings (SSSR count). The fourth-order valence-electron chi connectivity index (χ4n) is 4.00. The second-order valence-corrected chi connectivity index (χ2v) is 9.64. The van der Waals surface area contributed by atoms with Gasteiger partial charge >= 0.3 is 0 Å². The molecule has 2 aromatic rings. The van der Waals surface area contributed by atoms with E-state index < -0.39 is 15.9 Å². The number of hydrogen-bond donors (Lipinski definition) is 1. The molecular weight excluding hydrogens is 418 g/mol. The van der Waals surface area contributed by atoms with Crippen molar-refractivity contribution in [3.05, 3.63) is 48.5 Å². The van der Waals surface area contributed by atoms with Gasteiger partial charge in [-0.3, -0.25) is 9.59 Å². The number of nitrogens with zero attached hydrogens (tertiary/aromatic N) is 2. The van der Waals surface area contributed by atoms with E-state index in [2.05, 4.69) is 5.32 Å². The molecule has 2 fully saturated rings. The van der Waals surface area contributed by atoms with E-state index in [-0.39, 0.29) is 29.7 Å². The molecule has 0 radical (unpaired) electrons. The summed E-state index contributed by atoms with van der Waals surface area (Å²) in [7, 11) is -1.96. The van der Waals surface area contributed by atoms with E-state index in [9.17, 15) is 18.0 Å². The predicted octanol–water partition coefficient (Wildman–Crippen LogP) is 2.47. The van der Waals surface area contributed by atoms with Gasteiger partial charge in [-0.1, -0.05) is 12.1 Å². The zero-order valence-corrected chi connectivity index (χ0v) is 18.1. The number of amides is 2. The average Bonchev–Trinajstić information content (AvgIpc) is 3.45. The highest BCUT2D eigenvalue weighted by molar-refractivity contribution is 7.89. The van der Waals surface area contributed by atoms with Crippen molar-refractivity contribution in [3.8, 4) is 5.75 Å². The third kappa shape index (κ3) is 4.28. The molecule has 0 bridgehead atoms.